The second kappa shape index (κ2) is 5.76. The number of rotatable bonds is 4. The van der Waals surface area contributed by atoms with E-state index in [-0.39, 0.29) is 6.04 Å². The van der Waals surface area contributed by atoms with Gasteiger partial charge in [-0.1, -0.05) is 6.07 Å². The molecule has 0 spiro atoms. The first-order valence-corrected chi connectivity index (χ1v) is 8.12. The fourth-order valence-electron chi connectivity index (χ4n) is 2.16. The van der Waals surface area contributed by atoms with Gasteiger partial charge in [0.2, 0.25) is 6.79 Å². The molecule has 1 N–H and O–H groups in total. The molecule has 0 saturated heterocycles. The van der Waals surface area contributed by atoms with Crippen molar-refractivity contribution in [2.75, 3.05) is 6.79 Å². The van der Waals surface area contributed by atoms with Crippen LogP contribution in [0.2, 0.25) is 0 Å². The molecule has 0 amide bonds. The zero-order valence-corrected chi connectivity index (χ0v) is 13.8. The Bertz CT molecular complexity index is 607. The summed E-state index contributed by atoms with van der Waals surface area (Å²) in [5, 5.41) is 3.54. The molecule has 1 aromatic heterocycles. The maximum absolute atomic E-state index is 5.42. The third-order valence-corrected chi connectivity index (χ3v) is 5.52. The molecule has 3 rings (SSSR count). The van der Waals surface area contributed by atoms with Gasteiger partial charge in [-0.15, -0.1) is 11.3 Å². The number of thiophene rings is 1. The molecule has 1 unspecified atom stereocenters. The number of aryl methyl sites for hydroxylation is 1. The molecule has 1 aliphatic heterocycles. The van der Waals surface area contributed by atoms with Crippen LogP contribution in [0, 0.1) is 6.92 Å². The maximum Gasteiger partial charge on any atom is 0.231 e. The van der Waals surface area contributed by atoms with E-state index in [0.717, 1.165) is 18.0 Å². The topological polar surface area (TPSA) is 30.5 Å². The van der Waals surface area contributed by atoms with Crippen molar-refractivity contribution in [1.82, 2.24) is 5.32 Å². The van der Waals surface area contributed by atoms with Crippen LogP contribution in [0.5, 0.6) is 11.5 Å². The number of fused-ring (bicyclic) bond motifs is 1. The molecule has 20 heavy (non-hydrogen) atoms. The van der Waals surface area contributed by atoms with Crippen molar-refractivity contribution >= 4 is 27.3 Å². The van der Waals surface area contributed by atoms with Crippen molar-refractivity contribution in [2.24, 2.45) is 0 Å². The lowest BCUT2D eigenvalue weighted by Gasteiger charge is -2.14. The van der Waals surface area contributed by atoms with E-state index in [1.54, 1.807) is 0 Å². The first-order valence-electron chi connectivity index (χ1n) is 6.51. The number of nitrogens with one attached hydrogen (secondary N) is 1. The molecule has 0 fully saturated rings. The van der Waals surface area contributed by atoms with E-state index in [1.165, 1.54) is 19.8 Å². The summed E-state index contributed by atoms with van der Waals surface area (Å²) < 4.78 is 11.9. The van der Waals surface area contributed by atoms with Crippen molar-refractivity contribution in [2.45, 2.75) is 26.4 Å². The van der Waals surface area contributed by atoms with Gasteiger partial charge in [-0.2, -0.15) is 0 Å². The number of benzene rings is 1. The van der Waals surface area contributed by atoms with E-state index in [0.29, 0.717) is 6.79 Å². The summed E-state index contributed by atoms with van der Waals surface area (Å²) in [4.78, 5) is 2.65. The summed E-state index contributed by atoms with van der Waals surface area (Å²) in [5.74, 6) is 1.67. The van der Waals surface area contributed by atoms with Crippen molar-refractivity contribution in [1.29, 1.82) is 0 Å². The third kappa shape index (κ3) is 2.85. The summed E-state index contributed by atoms with van der Waals surface area (Å²) in [5.41, 5.74) is 1.21. The van der Waals surface area contributed by atoms with E-state index in [9.17, 15) is 0 Å². The molecule has 0 aliphatic carbocycles. The third-order valence-electron chi connectivity index (χ3n) is 3.39. The number of hydrogen-bond acceptors (Lipinski definition) is 4. The highest BCUT2D eigenvalue weighted by molar-refractivity contribution is 9.10. The van der Waals surface area contributed by atoms with Crippen molar-refractivity contribution in [3.63, 3.8) is 0 Å². The van der Waals surface area contributed by atoms with Crippen LogP contribution in [-0.2, 0) is 6.54 Å². The molecule has 1 aliphatic rings. The van der Waals surface area contributed by atoms with Gasteiger partial charge < -0.3 is 14.8 Å². The minimum absolute atomic E-state index is 0.269. The van der Waals surface area contributed by atoms with E-state index >= 15 is 0 Å². The summed E-state index contributed by atoms with van der Waals surface area (Å²) >= 11 is 5.37. The molecule has 2 heterocycles. The van der Waals surface area contributed by atoms with Crippen LogP contribution >= 0.6 is 27.3 Å². The molecule has 5 heteroatoms. The smallest absolute Gasteiger partial charge is 0.231 e. The predicted octanol–water partition coefficient (Wildman–Crippen LogP) is 4.40. The van der Waals surface area contributed by atoms with Gasteiger partial charge in [-0.3, -0.25) is 0 Å². The average Bonchev–Trinajstić information content (AvgIpc) is 3.02. The van der Waals surface area contributed by atoms with E-state index in [2.05, 4.69) is 53.3 Å². The van der Waals surface area contributed by atoms with Gasteiger partial charge in [0, 0.05) is 26.8 Å². The number of ether oxygens (including phenoxy) is 2. The highest BCUT2D eigenvalue weighted by Gasteiger charge is 2.15. The van der Waals surface area contributed by atoms with Crippen molar-refractivity contribution in [3.05, 3.63) is 44.1 Å². The van der Waals surface area contributed by atoms with Crippen LogP contribution in [0.4, 0.5) is 0 Å². The molecule has 106 valence electrons. The lowest BCUT2D eigenvalue weighted by atomic mass is 10.1. The van der Waals surface area contributed by atoms with E-state index in [1.807, 2.05) is 17.4 Å². The quantitative estimate of drug-likeness (QED) is 0.883. The van der Waals surface area contributed by atoms with Gasteiger partial charge in [0.1, 0.15) is 0 Å². The standard InChI is InChI=1S/C15H16BrNO2S/c1-9(17-7-12-6-13(16)10(2)20-12)11-3-4-14-15(5-11)19-8-18-14/h3-6,9,17H,7-8H2,1-2H3. The molecular formula is C15H16BrNO2S. The minimum Gasteiger partial charge on any atom is -0.454 e. The van der Waals surface area contributed by atoms with Crippen molar-refractivity contribution in [3.8, 4) is 11.5 Å². The largest absolute Gasteiger partial charge is 0.454 e. The van der Waals surface area contributed by atoms with Gasteiger partial charge in [-0.25, -0.2) is 0 Å². The normalized spacial score (nSPS) is 14.6. The highest BCUT2D eigenvalue weighted by Crippen LogP contribution is 2.34. The van der Waals surface area contributed by atoms with Gasteiger partial charge in [0.15, 0.2) is 11.5 Å². The second-order valence-electron chi connectivity index (χ2n) is 4.83. The summed E-state index contributed by atoms with van der Waals surface area (Å²) in [6, 6.07) is 8.56. The molecule has 0 radical (unpaired) electrons. The van der Waals surface area contributed by atoms with Crippen LogP contribution in [-0.4, -0.2) is 6.79 Å². The summed E-state index contributed by atoms with van der Waals surface area (Å²) in [6.45, 7) is 5.47. The Hall–Kier alpha value is -1.04. The molecule has 0 saturated carbocycles. The van der Waals surface area contributed by atoms with Crippen LogP contribution in [0.1, 0.15) is 28.3 Å². The van der Waals surface area contributed by atoms with Gasteiger partial charge in [0.25, 0.3) is 0 Å². The van der Waals surface area contributed by atoms with Crippen LogP contribution in [0.25, 0.3) is 0 Å². The van der Waals surface area contributed by atoms with Gasteiger partial charge in [-0.05, 0) is 53.5 Å². The lowest BCUT2D eigenvalue weighted by Crippen LogP contribution is -2.17. The van der Waals surface area contributed by atoms with Crippen LogP contribution in [0.15, 0.2) is 28.7 Å². The fraction of sp³-hybridized carbons (Fsp3) is 0.333. The van der Waals surface area contributed by atoms with Crippen molar-refractivity contribution < 1.29 is 9.47 Å². The van der Waals surface area contributed by atoms with Crippen LogP contribution in [0.3, 0.4) is 0 Å². The first-order chi connectivity index (χ1) is 9.63. The Labute approximate surface area is 131 Å². The molecule has 3 nitrogen and oxygen atoms in total. The zero-order chi connectivity index (χ0) is 14.1. The average molecular weight is 354 g/mol. The van der Waals surface area contributed by atoms with Gasteiger partial charge in [0.05, 0.1) is 0 Å². The highest BCUT2D eigenvalue weighted by atomic mass is 79.9. The zero-order valence-electron chi connectivity index (χ0n) is 11.4. The molecule has 0 bridgehead atoms. The Morgan fingerprint density at radius 3 is 2.85 bits per heavy atom. The lowest BCUT2D eigenvalue weighted by molar-refractivity contribution is 0.174. The summed E-state index contributed by atoms with van der Waals surface area (Å²) in [7, 11) is 0. The van der Waals surface area contributed by atoms with E-state index in [4.69, 9.17) is 9.47 Å². The van der Waals surface area contributed by atoms with E-state index < -0.39 is 0 Å². The summed E-state index contributed by atoms with van der Waals surface area (Å²) in [6.07, 6.45) is 0. The predicted molar refractivity (Wildman–Crippen MR) is 84.6 cm³/mol. The minimum atomic E-state index is 0.269. The first kappa shape index (κ1) is 13.9. The molecule has 2 aromatic rings. The molecule has 1 aromatic carbocycles. The van der Waals surface area contributed by atoms with Gasteiger partial charge >= 0.3 is 0 Å². The molecule has 1 atom stereocenters. The number of halogens is 1. The van der Waals surface area contributed by atoms with Crippen LogP contribution < -0.4 is 14.8 Å². The Morgan fingerprint density at radius 2 is 2.10 bits per heavy atom. The monoisotopic (exact) mass is 353 g/mol. The Morgan fingerprint density at radius 1 is 1.30 bits per heavy atom. The maximum atomic E-state index is 5.42. The Kier molecular flexibility index (Phi) is 4.01. The SMILES string of the molecule is Cc1sc(CNC(C)c2ccc3c(c2)OCO3)cc1Br. The number of hydrogen-bond donors (Lipinski definition) is 1. The molecular weight excluding hydrogens is 338 g/mol. The Balaban J connectivity index is 1.65. The fourth-order valence-corrected chi connectivity index (χ4v) is 3.71. The second-order valence-corrected chi connectivity index (χ2v) is 7.03.